The number of hydrogen-bond acceptors (Lipinski definition) is 7. The summed E-state index contributed by atoms with van der Waals surface area (Å²) >= 11 is 0. The van der Waals surface area contributed by atoms with Crippen LogP contribution in [0.15, 0.2) is 48.8 Å². The number of rotatable bonds is 5. The van der Waals surface area contributed by atoms with Crippen molar-refractivity contribution in [1.29, 1.82) is 0 Å². The summed E-state index contributed by atoms with van der Waals surface area (Å²) in [4.78, 5) is 24.8. The summed E-state index contributed by atoms with van der Waals surface area (Å²) in [5.74, 6) is 0.485. The summed E-state index contributed by atoms with van der Waals surface area (Å²) in [5, 5.41) is 5.79. The van der Waals surface area contributed by atoms with Crippen molar-refractivity contribution in [2.45, 2.75) is 13.0 Å². The number of aromatic nitrogens is 4. The summed E-state index contributed by atoms with van der Waals surface area (Å²) < 4.78 is 15.9. The van der Waals surface area contributed by atoms with E-state index in [1.54, 1.807) is 35.9 Å². The summed E-state index contributed by atoms with van der Waals surface area (Å²) in [6, 6.07) is 11.0. The van der Waals surface area contributed by atoms with E-state index in [9.17, 15) is 9.18 Å². The van der Waals surface area contributed by atoms with Crippen LogP contribution in [-0.4, -0.2) is 32.5 Å². The third-order valence-electron chi connectivity index (χ3n) is 4.89. The SMILES string of the molecule is CNC(=O)c1cccc(-n2c([C@@H](C)Nc3ncnc(N)c3N)nc3ccc(F)cc32)c1. The minimum absolute atomic E-state index is 0.165. The first-order chi connectivity index (χ1) is 14.9. The molecule has 0 aliphatic rings. The molecule has 0 aliphatic heterocycles. The van der Waals surface area contributed by atoms with Gasteiger partial charge in [0, 0.05) is 24.4 Å². The molecule has 0 saturated heterocycles. The van der Waals surface area contributed by atoms with Gasteiger partial charge in [0.25, 0.3) is 5.91 Å². The van der Waals surface area contributed by atoms with Crippen LogP contribution in [0.25, 0.3) is 16.7 Å². The smallest absolute Gasteiger partial charge is 0.251 e. The Kier molecular flexibility index (Phi) is 5.12. The van der Waals surface area contributed by atoms with Crippen LogP contribution in [0.3, 0.4) is 0 Å². The number of hydrogen-bond donors (Lipinski definition) is 4. The van der Waals surface area contributed by atoms with Crippen molar-refractivity contribution in [2.24, 2.45) is 0 Å². The van der Waals surface area contributed by atoms with Crippen LogP contribution in [0.1, 0.15) is 29.1 Å². The third kappa shape index (κ3) is 3.70. The zero-order valence-electron chi connectivity index (χ0n) is 16.9. The number of nitrogens with zero attached hydrogens (tertiary/aromatic N) is 4. The Bertz CT molecular complexity index is 1290. The molecule has 4 rings (SSSR count). The lowest BCUT2D eigenvalue weighted by molar-refractivity contribution is 0.0963. The van der Waals surface area contributed by atoms with Crippen molar-refractivity contribution >= 4 is 34.3 Å². The van der Waals surface area contributed by atoms with Crippen molar-refractivity contribution in [3.63, 3.8) is 0 Å². The minimum atomic E-state index is -0.393. The lowest BCUT2D eigenvalue weighted by Crippen LogP contribution is -2.18. The van der Waals surface area contributed by atoms with E-state index in [-0.39, 0.29) is 17.4 Å². The van der Waals surface area contributed by atoms with Crippen LogP contribution < -0.4 is 22.1 Å². The summed E-state index contributed by atoms with van der Waals surface area (Å²) in [7, 11) is 1.56. The molecule has 158 valence electrons. The van der Waals surface area contributed by atoms with Crippen molar-refractivity contribution in [3.05, 3.63) is 66.0 Å². The van der Waals surface area contributed by atoms with Crippen molar-refractivity contribution in [2.75, 3.05) is 23.8 Å². The maximum Gasteiger partial charge on any atom is 0.251 e. The highest BCUT2D eigenvalue weighted by Crippen LogP contribution is 2.30. The van der Waals surface area contributed by atoms with E-state index in [4.69, 9.17) is 16.5 Å². The van der Waals surface area contributed by atoms with E-state index in [1.165, 1.54) is 18.5 Å². The molecule has 31 heavy (non-hydrogen) atoms. The standard InChI is InChI=1S/C21H21FN8O/c1-11(28-19-17(23)18(24)26-10-27-19)20-29-15-7-6-13(22)9-16(15)30(20)14-5-3-4-12(8-14)21(31)25-2/h3-11H,23H2,1-2H3,(H,25,31)(H3,24,26,27,28)/t11-/m1/s1. The Hall–Kier alpha value is -4.21. The fourth-order valence-electron chi connectivity index (χ4n) is 3.35. The normalized spacial score (nSPS) is 12.0. The maximum atomic E-state index is 14.1. The maximum absolute atomic E-state index is 14.1. The predicted octanol–water partition coefficient (Wildman–Crippen LogP) is 2.65. The zero-order chi connectivity index (χ0) is 22.1. The molecule has 1 atom stereocenters. The van der Waals surface area contributed by atoms with Gasteiger partial charge >= 0.3 is 0 Å². The average Bonchev–Trinajstić information content (AvgIpc) is 3.15. The average molecular weight is 420 g/mol. The molecule has 0 radical (unpaired) electrons. The number of anilines is 3. The molecule has 0 bridgehead atoms. The molecule has 2 heterocycles. The molecule has 9 nitrogen and oxygen atoms in total. The molecule has 0 aliphatic carbocycles. The zero-order valence-corrected chi connectivity index (χ0v) is 16.9. The van der Waals surface area contributed by atoms with Gasteiger partial charge in [0.05, 0.1) is 17.1 Å². The van der Waals surface area contributed by atoms with Gasteiger partial charge in [0.2, 0.25) is 0 Å². The van der Waals surface area contributed by atoms with E-state index in [1.807, 2.05) is 13.0 Å². The first-order valence-electron chi connectivity index (χ1n) is 9.52. The number of carbonyl (C=O) groups is 1. The van der Waals surface area contributed by atoms with Gasteiger partial charge in [0.1, 0.15) is 23.7 Å². The monoisotopic (exact) mass is 420 g/mol. The number of fused-ring (bicyclic) bond motifs is 1. The van der Waals surface area contributed by atoms with E-state index in [0.29, 0.717) is 33.9 Å². The number of nitrogens with one attached hydrogen (secondary N) is 2. The van der Waals surface area contributed by atoms with E-state index in [2.05, 4.69) is 20.6 Å². The summed E-state index contributed by atoms with van der Waals surface area (Å²) in [5.41, 5.74) is 14.3. The fraction of sp³-hybridized carbons (Fsp3) is 0.143. The van der Waals surface area contributed by atoms with Crippen molar-refractivity contribution in [3.8, 4) is 5.69 Å². The minimum Gasteiger partial charge on any atom is -0.393 e. The van der Waals surface area contributed by atoms with Gasteiger partial charge in [0.15, 0.2) is 11.6 Å². The highest BCUT2D eigenvalue weighted by molar-refractivity contribution is 5.94. The Morgan fingerprint density at radius 3 is 2.74 bits per heavy atom. The van der Waals surface area contributed by atoms with Crippen LogP contribution in [0.2, 0.25) is 0 Å². The Balaban J connectivity index is 1.86. The van der Waals surface area contributed by atoms with Gasteiger partial charge in [-0.2, -0.15) is 0 Å². The van der Waals surface area contributed by atoms with E-state index >= 15 is 0 Å². The van der Waals surface area contributed by atoms with Crippen LogP contribution in [0, 0.1) is 5.82 Å². The lowest BCUT2D eigenvalue weighted by Gasteiger charge is -2.18. The number of amides is 1. The number of benzene rings is 2. The lowest BCUT2D eigenvalue weighted by atomic mass is 10.1. The molecule has 0 saturated carbocycles. The van der Waals surface area contributed by atoms with Crippen LogP contribution in [0.5, 0.6) is 0 Å². The third-order valence-corrected chi connectivity index (χ3v) is 4.89. The molecular formula is C21H21FN8O. The van der Waals surface area contributed by atoms with Gasteiger partial charge in [-0.15, -0.1) is 0 Å². The van der Waals surface area contributed by atoms with Gasteiger partial charge in [-0.1, -0.05) is 6.07 Å². The Morgan fingerprint density at radius 2 is 1.97 bits per heavy atom. The quantitative estimate of drug-likeness (QED) is 0.389. The van der Waals surface area contributed by atoms with Crippen molar-refractivity contribution < 1.29 is 9.18 Å². The fourth-order valence-corrected chi connectivity index (χ4v) is 3.35. The van der Waals surface area contributed by atoms with Gasteiger partial charge in [-0.25, -0.2) is 19.3 Å². The molecule has 2 aromatic carbocycles. The second-order valence-electron chi connectivity index (χ2n) is 6.96. The molecule has 0 spiro atoms. The second-order valence-corrected chi connectivity index (χ2v) is 6.96. The van der Waals surface area contributed by atoms with Crippen LogP contribution in [-0.2, 0) is 0 Å². The molecule has 0 fully saturated rings. The molecule has 10 heteroatoms. The van der Waals surface area contributed by atoms with Gasteiger partial charge < -0.3 is 22.1 Å². The topological polar surface area (TPSA) is 137 Å². The molecule has 6 N–H and O–H groups in total. The summed E-state index contributed by atoms with van der Waals surface area (Å²) in [6.07, 6.45) is 1.31. The first-order valence-corrected chi connectivity index (χ1v) is 9.52. The largest absolute Gasteiger partial charge is 0.393 e. The van der Waals surface area contributed by atoms with E-state index in [0.717, 1.165) is 0 Å². The number of imidazole rings is 1. The summed E-state index contributed by atoms with van der Waals surface area (Å²) in [6.45, 7) is 1.87. The Morgan fingerprint density at radius 1 is 1.16 bits per heavy atom. The van der Waals surface area contributed by atoms with Crippen LogP contribution in [0.4, 0.5) is 21.7 Å². The second kappa shape index (κ2) is 7.90. The highest BCUT2D eigenvalue weighted by atomic mass is 19.1. The Labute approximate surface area is 177 Å². The molecule has 2 aromatic heterocycles. The first kappa shape index (κ1) is 20.1. The molecular weight excluding hydrogens is 399 g/mol. The predicted molar refractivity (Wildman–Crippen MR) is 117 cm³/mol. The molecule has 0 unspecified atom stereocenters. The van der Waals surface area contributed by atoms with Crippen molar-refractivity contribution in [1.82, 2.24) is 24.8 Å². The van der Waals surface area contributed by atoms with Crippen LogP contribution >= 0.6 is 0 Å². The molecule has 1 amide bonds. The number of nitrogens with two attached hydrogens (primary N) is 2. The highest BCUT2D eigenvalue weighted by Gasteiger charge is 2.20. The van der Waals surface area contributed by atoms with E-state index < -0.39 is 11.9 Å². The van der Waals surface area contributed by atoms with Gasteiger partial charge in [-0.05, 0) is 37.3 Å². The molecule has 4 aromatic rings. The number of halogens is 1. The van der Waals surface area contributed by atoms with Gasteiger partial charge in [-0.3, -0.25) is 9.36 Å². The number of carbonyl (C=O) groups excluding carboxylic acids is 1. The number of nitrogen functional groups attached to an aromatic ring is 2.